The van der Waals surface area contributed by atoms with Crippen LogP contribution in [0.4, 0.5) is 4.39 Å². The van der Waals surface area contributed by atoms with E-state index in [1.807, 2.05) is 45.0 Å². The van der Waals surface area contributed by atoms with Crippen molar-refractivity contribution < 1.29 is 14.0 Å². The number of hydrogen-bond acceptors (Lipinski definition) is 2. The summed E-state index contributed by atoms with van der Waals surface area (Å²) in [6, 6.07) is 13.7. The molecule has 0 spiro atoms. The van der Waals surface area contributed by atoms with Crippen LogP contribution in [0.15, 0.2) is 48.5 Å². The van der Waals surface area contributed by atoms with Gasteiger partial charge in [0.25, 0.3) is 0 Å². The zero-order valence-corrected chi connectivity index (χ0v) is 17.7. The first kappa shape index (κ1) is 22.6. The van der Waals surface area contributed by atoms with Gasteiger partial charge >= 0.3 is 0 Å². The lowest BCUT2D eigenvalue weighted by Crippen LogP contribution is -2.49. The Morgan fingerprint density at radius 2 is 1.72 bits per heavy atom. The smallest absolute Gasteiger partial charge is 0.242 e. The predicted octanol–water partition coefficient (Wildman–Crippen LogP) is 4.40. The number of aryl methyl sites for hydroxylation is 2. The lowest BCUT2D eigenvalue weighted by atomic mass is 10.1. The highest BCUT2D eigenvalue weighted by molar-refractivity contribution is 5.87. The number of carbonyl (C=O) groups is 2. The van der Waals surface area contributed by atoms with Crippen LogP contribution in [0.25, 0.3) is 0 Å². The molecule has 0 fully saturated rings. The molecule has 2 aromatic carbocycles. The first-order valence-corrected chi connectivity index (χ1v) is 10.2. The first-order valence-electron chi connectivity index (χ1n) is 10.2. The molecular formula is C24H31FN2O2. The molecule has 29 heavy (non-hydrogen) atoms. The maximum Gasteiger partial charge on any atom is 0.242 e. The summed E-state index contributed by atoms with van der Waals surface area (Å²) in [6.07, 6.45) is 1.64. The molecule has 1 N–H and O–H groups in total. The van der Waals surface area contributed by atoms with Crippen LogP contribution >= 0.6 is 0 Å². The van der Waals surface area contributed by atoms with E-state index in [0.29, 0.717) is 12.0 Å². The Hall–Kier alpha value is -2.69. The molecule has 0 aromatic heterocycles. The maximum atomic E-state index is 14.2. The SMILES string of the molecule is CC[C@H](C)NC(=O)[C@H](C)N(Cc1ccccc1F)C(=O)CCc1ccc(C)cc1. The van der Waals surface area contributed by atoms with Crippen LogP contribution in [0.1, 0.15) is 50.3 Å². The number of rotatable bonds is 9. The minimum absolute atomic E-state index is 0.0166. The van der Waals surface area contributed by atoms with Crippen molar-refractivity contribution in [2.75, 3.05) is 0 Å². The minimum Gasteiger partial charge on any atom is -0.352 e. The van der Waals surface area contributed by atoms with E-state index >= 15 is 0 Å². The van der Waals surface area contributed by atoms with Gasteiger partial charge < -0.3 is 10.2 Å². The molecule has 2 amide bonds. The highest BCUT2D eigenvalue weighted by Crippen LogP contribution is 2.16. The molecule has 2 rings (SSSR count). The summed E-state index contributed by atoms with van der Waals surface area (Å²) in [6.45, 7) is 7.68. The van der Waals surface area contributed by atoms with Gasteiger partial charge in [-0.25, -0.2) is 4.39 Å². The molecule has 0 radical (unpaired) electrons. The summed E-state index contributed by atoms with van der Waals surface area (Å²) in [5.74, 6) is -0.765. The van der Waals surface area contributed by atoms with E-state index in [4.69, 9.17) is 0 Å². The third kappa shape index (κ3) is 6.70. The van der Waals surface area contributed by atoms with Crippen LogP contribution in [0.5, 0.6) is 0 Å². The Balaban J connectivity index is 2.15. The molecule has 0 unspecified atom stereocenters. The van der Waals surface area contributed by atoms with E-state index in [1.54, 1.807) is 25.1 Å². The fraction of sp³-hybridized carbons (Fsp3) is 0.417. The normalized spacial score (nSPS) is 12.9. The van der Waals surface area contributed by atoms with Gasteiger partial charge in [0.2, 0.25) is 11.8 Å². The van der Waals surface area contributed by atoms with Gasteiger partial charge in [-0.15, -0.1) is 0 Å². The van der Waals surface area contributed by atoms with Crippen molar-refractivity contribution in [2.24, 2.45) is 0 Å². The van der Waals surface area contributed by atoms with Crippen molar-refractivity contribution in [3.63, 3.8) is 0 Å². The van der Waals surface area contributed by atoms with E-state index in [0.717, 1.165) is 17.5 Å². The van der Waals surface area contributed by atoms with Crippen LogP contribution in [-0.2, 0) is 22.6 Å². The number of benzene rings is 2. The Bertz CT molecular complexity index is 820. The summed E-state index contributed by atoms with van der Waals surface area (Å²) in [5, 5.41) is 2.92. The standard InChI is InChI=1S/C24H31FN2O2/c1-5-18(3)26-24(29)19(4)27(16-21-8-6-7-9-22(21)25)23(28)15-14-20-12-10-17(2)11-13-20/h6-13,18-19H,5,14-16H2,1-4H3,(H,26,29)/t18-,19-/m0/s1. The lowest BCUT2D eigenvalue weighted by molar-refractivity contribution is -0.140. The van der Waals surface area contributed by atoms with E-state index < -0.39 is 6.04 Å². The monoisotopic (exact) mass is 398 g/mol. The van der Waals surface area contributed by atoms with Crippen LogP contribution in [0.2, 0.25) is 0 Å². The van der Waals surface area contributed by atoms with Crippen molar-refractivity contribution >= 4 is 11.8 Å². The largest absolute Gasteiger partial charge is 0.352 e. The van der Waals surface area contributed by atoms with E-state index in [9.17, 15) is 14.0 Å². The predicted molar refractivity (Wildman–Crippen MR) is 114 cm³/mol. The highest BCUT2D eigenvalue weighted by atomic mass is 19.1. The molecule has 156 valence electrons. The van der Waals surface area contributed by atoms with Crippen LogP contribution in [-0.4, -0.2) is 28.8 Å². The van der Waals surface area contributed by atoms with Gasteiger partial charge in [-0.1, -0.05) is 55.0 Å². The van der Waals surface area contributed by atoms with Gasteiger partial charge in [-0.2, -0.15) is 0 Å². The topological polar surface area (TPSA) is 49.4 Å². The van der Waals surface area contributed by atoms with Gasteiger partial charge in [0.05, 0.1) is 0 Å². The molecule has 2 aromatic rings. The van der Waals surface area contributed by atoms with Crippen LogP contribution in [0.3, 0.4) is 0 Å². The third-order valence-corrected chi connectivity index (χ3v) is 5.21. The zero-order chi connectivity index (χ0) is 21.4. The van der Waals surface area contributed by atoms with Crippen molar-refractivity contribution in [1.82, 2.24) is 10.2 Å². The number of hydrogen-bond donors (Lipinski definition) is 1. The summed E-state index contributed by atoms with van der Waals surface area (Å²) in [7, 11) is 0. The molecule has 0 bridgehead atoms. The summed E-state index contributed by atoms with van der Waals surface area (Å²) in [4.78, 5) is 27.1. The minimum atomic E-state index is -0.686. The van der Waals surface area contributed by atoms with Gasteiger partial charge in [-0.3, -0.25) is 9.59 Å². The van der Waals surface area contributed by atoms with Crippen molar-refractivity contribution in [2.45, 2.75) is 65.6 Å². The fourth-order valence-corrected chi connectivity index (χ4v) is 3.01. The van der Waals surface area contributed by atoms with Gasteiger partial charge in [0.15, 0.2) is 0 Å². The van der Waals surface area contributed by atoms with Gasteiger partial charge in [-0.05, 0) is 45.2 Å². The molecular weight excluding hydrogens is 367 g/mol. The first-order chi connectivity index (χ1) is 13.8. The zero-order valence-electron chi connectivity index (χ0n) is 17.7. The molecule has 0 aliphatic carbocycles. The van der Waals surface area contributed by atoms with Crippen molar-refractivity contribution in [3.8, 4) is 0 Å². The van der Waals surface area contributed by atoms with Crippen LogP contribution < -0.4 is 5.32 Å². The molecule has 5 heteroatoms. The van der Waals surface area contributed by atoms with E-state index in [1.165, 1.54) is 11.0 Å². The molecule has 0 heterocycles. The summed E-state index contributed by atoms with van der Waals surface area (Å²) < 4.78 is 14.2. The number of nitrogens with one attached hydrogen (secondary N) is 1. The second-order valence-corrected chi connectivity index (χ2v) is 7.59. The number of halogens is 1. The molecule has 2 atom stereocenters. The van der Waals surface area contributed by atoms with E-state index in [2.05, 4.69) is 5.32 Å². The number of nitrogens with zero attached hydrogens (tertiary/aromatic N) is 1. The second-order valence-electron chi connectivity index (χ2n) is 7.59. The maximum absolute atomic E-state index is 14.2. The Morgan fingerprint density at radius 1 is 1.07 bits per heavy atom. The number of carbonyl (C=O) groups excluding carboxylic acids is 2. The molecule has 0 aliphatic heterocycles. The second kappa shape index (κ2) is 10.7. The highest BCUT2D eigenvalue weighted by Gasteiger charge is 2.27. The van der Waals surface area contributed by atoms with Crippen molar-refractivity contribution in [3.05, 3.63) is 71.0 Å². The average molecular weight is 399 g/mol. The van der Waals surface area contributed by atoms with Gasteiger partial charge in [0.1, 0.15) is 11.9 Å². The van der Waals surface area contributed by atoms with Crippen molar-refractivity contribution in [1.29, 1.82) is 0 Å². The lowest BCUT2D eigenvalue weighted by Gasteiger charge is -2.30. The summed E-state index contributed by atoms with van der Waals surface area (Å²) in [5.41, 5.74) is 2.63. The quantitative estimate of drug-likeness (QED) is 0.681. The average Bonchev–Trinajstić information content (AvgIpc) is 2.71. The third-order valence-electron chi connectivity index (χ3n) is 5.21. The van der Waals surface area contributed by atoms with Gasteiger partial charge in [0, 0.05) is 24.6 Å². The number of amides is 2. The Kier molecular flexibility index (Phi) is 8.37. The van der Waals surface area contributed by atoms with E-state index in [-0.39, 0.29) is 36.6 Å². The molecule has 0 saturated carbocycles. The Labute approximate surface area is 173 Å². The molecule has 0 saturated heterocycles. The van der Waals surface area contributed by atoms with Crippen LogP contribution in [0, 0.1) is 12.7 Å². The molecule has 4 nitrogen and oxygen atoms in total. The summed E-state index contributed by atoms with van der Waals surface area (Å²) >= 11 is 0. The fourth-order valence-electron chi connectivity index (χ4n) is 3.01. The molecule has 0 aliphatic rings. The Morgan fingerprint density at radius 3 is 2.34 bits per heavy atom.